The third-order valence-corrected chi connectivity index (χ3v) is 3.16. The molecule has 0 aliphatic heterocycles. The average Bonchev–Trinajstić information content (AvgIpc) is 2.60. The van der Waals surface area contributed by atoms with Gasteiger partial charge in [-0.3, -0.25) is 14.9 Å². The molecule has 6 nitrogen and oxygen atoms in total. The van der Waals surface area contributed by atoms with Crippen LogP contribution >= 0.6 is 0 Å². The molecule has 0 spiro atoms. The first-order valence-electron chi connectivity index (χ1n) is 7.26. The van der Waals surface area contributed by atoms with Gasteiger partial charge in [0, 0.05) is 36.2 Å². The highest BCUT2D eigenvalue weighted by Gasteiger charge is 2.03. The van der Waals surface area contributed by atoms with Crippen molar-refractivity contribution in [1.29, 1.82) is 0 Å². The minimum absolute atomic E-state index is 0.0272. The second-order valence-electron chi connectivity index (χ2n) is 4.88. The normalized spacial score (nSPS) is 9.54. The third kappa shape index (κ3) is 5.14. The molecule has 0 radical (unpaired) electrons. The summed E-state index contributed by atoms with van der Waals surface area (Å²) in [6, 6.07) is 13.0. The molecule has 24 heavy (non-hydrogen) atoms. The number of anilines is 1. The van der Waals surface area contributed by atoms with Crippen molar-refractivity contribution in [2.24, 2.45) is 0 Å². The van der Waals surface area contributed by atoms with Crippen LogP contribution in [0, 0.1) is 22.0 Å². The summed E-state index contributed by atoms with van der Waals surface area (Å²) < 4.78 is 5.05. The summed E-state index contributed by atoms with van der Waals surface area (Å²) in [7, 11) is 1.58. The molecule has 0 saturated carbocycles. The van der Waals surface area contributed by atoms with Crippen LogP contribution < -0.4 is 10.1 Å². The molecule has 1 N–H and O–H groups in total. The minimum Gasteiger partial charge on any atom is -0.497 e. The van der Waals surface area contributed by atoms with E-state index in [0.29, 0.717) is 17.7 Å². The predicted octanol–water partition coefficient (Wildman–Crippen LogP) is 3.37. The summed E-state index contributed by atoms with van der Waals surface area (Å²) >= 11 is 0. The number of nitro groups is 1. The van der Waals surface area contributed by atoms with Crippen molar-refractivity contribution in [2.75, 3.05) is 12.4 Å². The largest absolute Gasteiger partial charge is 0.497 e. The molecular formula is C18H16N2O4. The van der Waals surface area contributed by atoms with Crippen molar-refractivity contribution >= 4 is 17.3 Å². The van der Waals surface area contributed by atoms with Gasteiger partial charge < -0.3 is 10.1 Å². The molecule has 0 saturated heterocycles. The molecule has 0 aliphatic carbocycles. The Balaban J connectivity index is 1.81. The molecule has 2 rings (SSSR count). The molecule has 0 atom stereocenters. The standard InChI is InChI=1S/C18H16N2O4/c1-24-17-12-8-15(9-13-17)19-18(21)5-3-2-4-14-6-10-16(11-7-14)20(22)23/h6-13H,3,5H2,1H3,(H,19,21). The van der Waals surface area contributed by atoms with Crippen LogP contribution in [-0.2, 0) is 4.79 Å². The number of nitrogens with zero attached hydrogens (tertiary/aromatic N) is 1. The molecule has 0 bridgehead atoms. The van der Waals surface area contributed by atoms with Gasteiger partial charge in [-0.15, -0.1) is 0 Å². The van der Waals surface area contributed by atoms with Crippen LogP contribution in [0.25, 0.3) is 0 Å². The molecule has 122 valence electrons. The van der Waals surface area contributed by atoms with Gasteiger partial charge in [-0.2, -0.15) is 0 Å². The van der Waals surface area contributed by atoms with Gasteiger partial charge in [0.15, 0.2) is 0 Å². The van der Waals surface area contributed by atoms with Gasteiger partial charge in [-0.1, -0.05) is 11.8 Å². The van der Waals surface area contributed by atoms with E-state index in [0.717, 1.165) is 5.75 Å². The van der Waals surface area contributed by atoms with Crippen LogP contribution in [-0.4, -0.2) is 17.9 Å². The van der Waals surface area contributed by atoms with E-state index in [9.17, 15) is 14.9 Å². The number of benzene rings is 2. The number of carbonyl (C=O) groups excluding carboxylic acids is 1. The minimum atomic E-state index is -0.458. The van der Waals surface area contributed by atoms with Crippen molar-refractivity contribution in [1.82, 2.24) is 0 Å². The van der Waals surface area contributed by atoms with E-state index < -0.39 is 4.92 Å². The average molecular weight is 324 g/mol. The number of carbonyl (C=O) groups is 1. The van der Waals surface area contributed by atoms with Crippen molar-refractivity contribution in [2.45, 2.75) is 12.8 Å². The van der Waals surface area contributed by atoms with Crippen LogP contribution in [0.2, 0.25) is 0 Å². The van der Waals surface area contributed by atoms with Crippen molar-refractivity contribution in [3.05, 3.63) is 64.2 Å². The number of methoxy groups -OCH3 is 1. The van der Waals surface area contributed by atoms with E-state index in [1.807, 2.05) is 0 Å². The smallest absolute Gasteiger partial charge is 0.269 e. The second-order valence-corrected chi connectivity index (χ2v) is 4.88. The zero-order valence-corrected chi connectivity index (χ0v) is 13.1. The first-order valence-corrected chi connectivity index (χ1v) is 7.26. The Kier molecular flexibility index (Phi) is 5.92. The summed E-state index contributed by atoms with van der Waals surface area (Å²) in [5.74, 6) is 6.36. The lowest BCUT2D eigenvalue weighted by atomic mass is 10.2. The summed E-state index contributed by atoms with van der Waals surface area (Å²) in [6.07, 6.45) is 0.672. The zero-order valence-electron chi connectivity index (χ0n) is 13.1. The van der Waals surface area contributed by atoms with Gasteiger partial charge in [0.25, 0.3) is 5.69 Å². The maximum absolute atomic E-state index is 11.8. The summed E-state index contributed by atoms with van der Waals surface area (Å²) in [4.78, 5) is 21.9. The van der Waals surface area contributed by atoms with Crippen LogP contribution in [0.1, 0.15) is 18.4 Å². The fourth-order valence-electron chi connectivity index (χ4n) is 1.90. The van der Waals surface area contributed by atoms with Gasteiger partial charge in [0.2, 0.25) is 5.91 Å². The monoisotopic (exact) mass is 324 g/mol. The molecule has 6 heteroatoms. The van der Waals surface area contributed by atoms with Crippen LogP contribution in [0.3, 0.4) is 0 Å². The Hall–Kier alpha value is -3.33. The lowest BCUT2D eigenvalue weighted by molar-refractivity contribution is -0.384. The second kappa shape index (κ2) is 8.34. The zero-order chi connectivity index (χ0) is 17.4. The lowest BCUT2D eigenvalue weighted by Crippen LogP contribution is -2.10. The molecule has 2 aromatic carbocycles. The van der Waals surface area contributed by atoms with Crippen LogP contribution in [0.5, 0.6) is 5.75 Å². The fourth-order valence-corrected chi connectivity index (χ4v) is 1.90. The van der Waals surface area contributed by atoms with Crippen LogP contribution in [0.4, 0.5) is 11.4 Å². The Labute approximate surface area is 139 Å². The summed E-state index contributed by atoms with van der Waals surface area (Å²) in [5, 5.41) is 13.3. The molecule has 0 heterocycles. The number of non-ortho nitro benzene ring substituents is 1. The number of ether oxygens (including phenoxy) is 1. The number of rotatable bonds is 5. The third-order valence-electron chi connectivity index (χ3n) is 3.16. The topological polar surface area (TPSA) is 81.5 Å². The number of amides is 1. The quantitative estimate of drug-likeness (QED) is 0.519. The maximum atomic E-state index is 11.8. The molecule has 1 amide bonds. The summed E-state index contributed by atoms with van der Waals surface area (Å²) in [5.41, 5.74) is 1.40. The Morgan fingerprint density at radius 1 is 1.17 bits per heavy atom. The Morgan fingerprint density at radius 3 is 2.42 bits per heavy atom. The van der Waals surface area contributed by atoms with Gasteiger partial charge >= 0.3 is 0 Å². The van der Waals surface area contributed by atoms with Gasteiger partial charge in [0.1, 0.15) is 5.75 Å². The van der Waals surface area contributed by atoms with E-state index in [4.69, 9.17) is 4.74 Å². The van der Waals surface area contributed by atoms with E-state index >= 15 is 0 Å². The van der Waals surface area contributed by atoms with Crippen molar-refractivity contribution in [3.63, 3.8) is 0 Å². The Bertz CT molecular complexity index is 771. The van der Waals surface area contributed by atoms with Crippen LogP contribution in [0.15, 0.2) is 48.5 Å². The highest BCUT2D eigenvalue weighted by Crippen LogP contribution is 2.15. The van der Waals surface area contributed by atoms with E-state index in [-0.39, 0.29) is 18.0 Å². The van der Waals surface area contributed by atoms with Crippen molar-refractivity contribution in [3.8, 4) is 17.6 Å². The molecule has 0 aliphatic rings. The molecule has 0 unspecified atom stereocenters. The lowest BCUT2D eigenvalue weighted by Gasteiger charge is -2.05. The Morgan fingerprint density at radius 2 is 1.83 bits per heavy atom. The van der Waals surface area contributed by atoms with Gasteiger partial charge in [-0.05, 0) is 36.4 Å². The summed E-state index contributed by atoms with van der Waals surface area (Å²) in [6.45, 7) is 0. The first kappa shape index (κ1) is 17.0. The molecule has 0 fully saturated rings. The first-order chi connectivity index (χ1) is 11.6. The fraction of sp³-hybridized carbons (Fsp3) is 0.167. The molecule has 0 aromatic heterocycles. The predicted molar refractivity (Wildman–Crippen MR) is 90.8 cm³/mol. The number of nitrogens with one attached hydrogen (secondary N) is 1. The SMILES string of the molecule is COc1ccc(NC(=O)CCC#Cc2ccc([N+](=O)[O-])cc2)cc1. The number of hydrogen-bond acceptors (Lipinski definition) is 4. The van der Waals surface area contributed by atoms with E-state index in [1.54, 1.807) is 43.5 Å². The van der Waals surface area contributed by atoms with Gasteiger partial charge in [-0.25, -0.2) is 0 Å². The van der Waals surface area contributed by atoms with E-state index in [2.05, 4.69) is 17.2 Å². The highest BCUT2D eigenvalue weighted by molar-refractivity contribution is 5.90. The van der Waals surface area contributed by atoms with E-state index in [1.165, 1.54) is 12.1 Å². The number of hydrogen-bond donors (Lipinski definition) is 1. The molecule has 2 aromatic rings. The maximum Gasteiger partial charge on any atom is 0.269 e. The molecular weight excluding hydrogens is 308 g/mol. The number of nitro benzene ring substituents is 1. The highest BCUT2D eigenvalue weighted by atomic mass is 16.6. The van der Waals surface area contributed by atoms with Crippen molar-refractivity contribution < 1.29 is 14.5 Å². The van der Waals surface area contributed by atoms with Gasteiger partial charge in [0.05, 0.1) is 12.0 Å².